The first kappa shape index (κ1) is 15.5. The summed E-state index contributed by atoms with van der Waals surface area (Å²) < 4.78 is 11.1. The Morgan fingerprint density at radius 1 is 1.30 bits per heavy atom. The lowest BCUT2D eigenvalue weighted by Crippen LogP contribution is -2.05. The second kappa shape index (κ2) is 7.21. The van der Waals surface area contributed by atoms with Gasteiger partial charge in [-0.3, -0.25) is 5.10 Å². The van der Waals surface area contributed by atoms with Gasteiger partial charge < -0.3 is 8.92 Å². The van der Waals surface area contributed by atoms with Crippen molar-refractivity contribution in [3.63, 3.8) is 0 Å². The maximum absolute atomic E-state index is 5.64. The summed E-state index contributed by atoms with van der Waals surface area (Å²) >= 11 is 2.09. The van der Waals surface area contributed by atoms with Crippen molar-refractivity contribution in [2.45, 2.75) is 33.3 Å². The van der Waals surface area contributed by atoms with E-state index in [4.69, 9.17) is 8.92 Å². The first-order chi connectivity index (χ1) is 9.60. The van der Waals surface area contributed by atoms with Crippen LogP contribution in [0, 0.1) is 6.92 Å². The molecule has 0 unspecified atom stereocenters. The number of hydrogen-bond acceptors (Lipinski definition) is 4. The van der Waals surface area contributed by atoms with Crippen molar-refractivity contribution in [3.8, 4) is 11.6 Å². The topological polar surface area (TPSA) is 47.1 Å². The molecule has 0 atom stereocenters. The zero-order valence-electron chi connectivity index (χ0n) is 11.6. The van der Waals surface area contributed by atoms with Gasteiger partial charge in [0.25, 0.3) is 5.88 Å². The van der Waals surface area contributed by atoms with Crippen molar-refractivity contribution in [2.75, 3.05) is 0 Å². The molecule has 0 aliphatic rings. The fourth-order valence-electron chi connectivity index (χ4n) is 1.90. The first-order valence-electron chi connectivity index (χ1n) is 6.35. The SMILES string of the molecule is Cc1[nH]nc(OSI)c1Cc1ccc(OC(C)C)cc1. The van der Waals surface area contributed by atoms with Crippen LogP contribution in [0.1, 0.15) is 30.7 Å². The Labute approximate surface area is 135 Å². The third-order valence-electron chi connectivity index (χ3n) is 2.82. The first-order valence-corrected chi connectivity index (χ1v) is 9.63. The van der Waals surface area contributed by atoms with Crippen molar-refractivity contribution in [3.05, 3.63) is 41.1 Å². The van der Waals surface area contributed by atoms with E-state index in [0.717, 1.165) is 23.4 Å². The standard InChI is InChI=1S/C14H17IN2O2S/c1-9(2)18-12-6-4-11(5-7-12)8-13-10(3)16-17-14(13)19-20-15/h4-7,9H,8H2,1-3H3,(H,16,17). The summed E-state index contributed by atoms with van der Waals surface area (Å²) in [4.78, 5) is 0. The average Bonchev–Trinajstić information content (AvgIpc) is 2.74. The molecular weight excluding hydrogens is 387 g/mol. The molecule has 4 nitrogen and oxygen atoms in total. The molecule has 0 radical (unpaired) electrons. The molecule has 2 aromatic rings. The van der Waals surface area contributed by atoms with Crippen molar-refractivity contribution in [1.82, 2.24) is 10.2 Å². The number of hydrogen-bond donors (Lipinski definition) is 1. The van der Waals surface area contributed by atoms with Crippen LogP contribution >= 0.6 is 30.4 Å². The van der Waals surface area contributed by atoms with Crippen molar-refractivity contribution >= 4 is 30.4 Å². The summed E-state index contributed by atoms with van der Waals surface area (Å²) in [5.41, 5.74) is 3.33. The van der Waals surface area contributed by atoms with Gasteiger partial charge in [0.1, 0.15) is 15.0 Å². The van der Waals surface area contributed by atoms with Crippen molar-refractivity contribution < 1.29 is 8.92 Å². The third kappa shape index (κ3) is 4.05. The van der Waals surface area contributed by atoms with Gasteiger partial charge in [-0.15, -0.1) is 5.10 Å². The van der Waals surface area contributed by atoms with Gasteiger partial charge >= 0.3 is 0 Å². The Balaban J connectivity index is 2.12. The van der Waals surface area contributed by atoms with E-state index < -0.39 is 0 Å². The molecule has 1 heterocycles. The highest BCUT2D eigenvalue weighted by Gasteiger charge is 2.12. The maximum Gasteiger partial charge on any atom is 0.251 e. The van der Waals surface area contributed by atoms with E-state index in [9.17, 15) is 0 Å². The smallest absolute Gasteiger partial charge is 0.251 e. The zero-order valence-corrected chi connectivity index (χ0v) is 14.6. The zero-order chi connectivity index (χ0) is 14.5. The van der Waals surface area contributed by atoms with Gasteiger partial charge in [-0.05, 0) is 38.5 Å². The minimum atomic E-state index is 0.192. The molecular formula is C14H17IN2O2S. The van der Waals surface area contributed by atoms with Crippen LogP contribution in [-0.2, 0) is 6.42 Å². The Morgan fingerprint density at radius 2 is 2.00 bits per heavy atom. The van der Waals surface area contributed by atoms with Crippen LogP contribution in [0.15, 0.2) is 24.3 Å². The number of aromatic nitrogens is 2. The fourth-order valence-corrected chi connectivity index (χ4v) is 2.61. The quantitative estimate of drug-likeness (QED) is 0.570. The lowest BCUT2D eigenvalue weighted by Gasteiger charge is -2.10. The Hall–Kier alpha value is -0.890. The minimum Gasteiger partial charge on any atom is -0.491 e. The monoisotopic (exact) mass is 404 g/mol. The lowest BCUT2D eigenvalue weighted by molar-refractivity contribution is 0.242. The maximum atomic E-state index is 5.64. The van der Waals surface area contributed by atoms with Gasteiger partial charge in [-0.25, -0.2) is 0 Å². The van der Waals surface area contributed by atoms with E-state index in [-0.39, 0.29) is 6.10 Å². The van der Waals surface area contributed by atoms with E-state index in [2.05, 4.69) is 43.5 Å². The van der Waals surface area contributed by atoms with Crippen molar-refractivity contribution in [1.29, 1.82) is 0 Å². The lowest BCUT2D eigenvalue weighted by atomic mass is 10.1. The summed E-state index contributed by atoms with van der Waals surface area (Å²) in [6, 6.07) is 8.15. The Kier molecular flexibility index (Phi) is 5.59. The number of benzene rings is 1. The summed E-state index contributed by atoms with van der Waals surface area (Å²) in [5.74, 6) is 1.55. The van der Waals surface area contributed by atoms with Crippen LogP contribution in [0.2, 0.25) is 0 Å². The number of ether oxygens (including phenoxy) is 1. The van der Waals surface area contributed by atoms with E-state index in [0.29, 0.717) is 5.88 Å². The molecule has 0 aliphatic carbocycles. The molecule has 0 spiro atoms. The molecule has 1 aromatic carbocycles. The van der Waals surface area contributed by atoms with Gasteiger partial charge in [0.05, 0.1) is 6.10 Å². The molecule has 0 amide bonds. The van der Waals surface area contributed by atoms with Gasteiger partial charge in [-0.1, -0.05) is 12.1 Å². The fraction of sp³-hybridized carbons (Fsp3) is 0.357. The van der Waals surface area contributed by atoms with E-state index in [1.165, 1.54) is 14.8 Å². The van der Waals surface area contributed by atoms with Crippen LogP contribution in [0.4, 0.5) is 0 Å². The molecule has 1 aromatic heterocycles. The molecule has 0 saturated carbocycles. The van der Waals surface area contributed by atoms with E-state index in [1.54, 1.807) is 0 Å². The highest BCUT2D eigenvalue weighted by Crippen LogP contribution is 2.27. The number of aryl methyl sites for hydroxylation is 1. The van der Waals surface area contributed by atoms with Crippen LogP contribution in [-0.4, -0.2) is 16.3 Å². The van der Waals surface area contributed by atoms with Gasteiger partial charge in [0.2, 0.25) is 0 Å². The largest absolute Gasteiger partial charge is 0.491 e. The number of nitrogens with one attached hydrogen (secondary N) is 1. The minimum absolute atomic E-state index is 0.192. The van der Waals surface area contributed by atoms with Crippen LogP contribution in [0.3, 0.4) is 0 Å². The highest BCUT2D eigenvalue weighted by atomic mass is 127. The van der Waals surface area contributed by atoms with Crippen LogP contribution < -0.4 is 8.92 Å². The van der Waals surface area contributed by atoms with E-state index in [1.807, 2.05) is 32.9 Å². The molecule has 0 fully saturated rings. The summed E-state index contributed by atoms with van der Waals surface area (Å²) in [5, 5.41) is 7.12. The molecule has 6 heteroatoms. The highest BCUT2D eigenvalue weighted by molar-refractivity contribution is 14.2. The van der Waals surface area contributed by atoms with Crippen molar-refractivity contribution in [2.24, 2.45) is 0 Å². The molecule has 0 saturated heterocycles. The summed E-state index contributed by atoms with van der Waals surface area (Å²) in [7, 11) is 1.27. The van der Waals surface area contributed by atoms with Gasteiger partial charge in [0.15, 0.2) is 0 Å². The second-order valence-electron chi connectivity index (χ2n) is 4.77. The number of nitrogens with zero attached hydrogens (tertiary/aromatic N) is 1. The Morgan fingerprint density at radius 3 is 2.60 bits per heavy atom. The Bertz CT molecular complexity index is 555. The number of aromatic amines is 1. The molecule has 1 N–H and O–H groups in total. The number of H-pyrrole nitrogens is 1. The number of halogens is 1. The normalized spacial score (nSPS) is 10.8. The second-order valence-corrected chi connectivity index (χ2v) is 6.14. The predicted octanol–water partition coefficient (Wildman–Crippen LogP) is 4.47. The third-order valence-corrected chi connectivity index (χ3v) is 3.58. The van der Waals surface area contributed by atoms with E-state index >= 15 is 0 Å². The average molecular weight is 404 g/mol. The van der Waals surface area contributed by atoms with Crippen LogP contribution in [0.25, 0.3) is 0 Å². The summed E-state index contributed by atoms with van der Waals surface area (Å²) in [6.45, 7) is 6.05. The predicted molar refractivity (Wildman–Crippen MR) is 90.6 cm³/mol. The molecule has 108 valence electrons. The van der Waals surface area contributed by atoms with Crippen LogP contribution in [0.5, 0.6) is 11.6 Å². The molecule has 0 aliphatic heterocycles. The summed E-state index contributed by atoms with van der Waals surface area (Å²) in [6.07, 6.45) is 0.981. The van der Waals surface area contributed by atoms with Gasteiger partial charge in [-0.2, -0.15) is 0 Å². The molecule has 20 heavy (non-hydrogen) atoms. The molecule has 0 bridgehead atoms. The van der Waals surface area contributed by atoms with Gasteiger partial charge in [0, 0.05) is 38.9 Å². The molecule has 2 rings (SSSR count). The number of rotatable bonds is 6.